The summed E-state index contributed by atoms with van der Waals surface area (Å²) in [7, 11) is 0. The lowest BCUT2D eigenvalue weighted by atomic mass is 9.82. The SMILES string of the molecule is CCC1CCN(CCC2CCC2)CC1. The minimum atomic E-state index is 1.04. The van der Waals surface area contributed by atoms with Crippen molar-refractivity contribution in [2.75, 3.05) is 19.6 Å². The first-order valence-corrected chi connectivity index (χ1v) is 6.61. The Balaban J connectivity index is 1.58. The van der Waals surface area contributed by atoms with Crippen LogP contribution in [0.25, 0.3) is 0 Å². The highest BCUT2D eigenvalue weighted by atomic mass is 15.1. The highest BCUT2D eigenvalue weighted by Crippen LogP contribution is 2.30. The second-order valence-corrected chi connectivity index (χ2v) is 5.28. The molecule has 0 aromatic carbocycles. The quantitative estimate of drug-likeness (QED) is 0.665. The molecule has 0 unspecified atom stereocenters. The van der Waals surface area contributed by atoms with Crippen LogP contribution in [-0.4, -0.2) is 24.5 Å². The van der Waals surface area contributed by atoms with E-state index in [1.807, 2.05) is 0 Å². The maximum absolute atomic E-state index is 2.70. The molecule has 1 heterocycles. The van der Waals surface area contributed by atoms with E-state index in [9.17, 15) is 0 Å². The van der Waals surface area contributed by atoms with Crippen LogP contribution in [0.1, 0.15) is 51.9 Å². The molecule has 2 rings (SSSR count). The van der Waals surface area contributed by atoms with Crippen molar-refractivity contribution in [1.29, 1.82) is 0 Å². The summed E-state index contributed by atoms with van der Waals surface area (Å²) < 4.78 is 0. The van der Waals surface area contributed by atoms with Crippen molar-refractivity contribution in [3.63, 3.8) is 0 Å². The first-order valence-electron chi connectivity index (χ1n) is 6.61. The summed E-state index contributed by atoms with van der Waals surface area (Å²) in [5.74, 6) is 2.13. The minimum Gasteiger partial charge on any atom is -0.303 e. The Morgan fingerprint density at radius 1 is 1.00 bits per heavy atom. The Bertz CT molecular complexity index is 155. The molecule has 1 aliphatic carbocycles. The van der Waals surface area contributed by atoms with E-state index in [0.29, 0.717) is 0 Å². The summed E-state index contributed by atoms with van der Waals surface area (Å²) in [5, 5.41) is 0. The van der Waals surface area contributed by atoms with E-state index in [4.69, 9.17) is 0 Å². The van der Waals surface area contributed by atoms with Gasteiger partial charge in [0.25, 0.3) is 0 Å². The largest absolute Gasteiger partial charge is 0.303 e. The number of nitrogens with zero attached hydrogens (tertiary/aromatic N) is 1. The minimum absolute atomic E-state index is 1.04. The van der Waals surface area contributed by atoms with Crippen LogP contribution < -0.4 is 0 Å². The van der Waals surface area contributed by atoms with Crippen LogP contribution in [-0.2, 0) is 0 Å². The third kappa shape index (κ3) is 2.73. The summed E-state index contributed by atoms with van der Waals surface area (Å²) in [5.41, 5.74) is 0. The zero-order valence-corrected chi connectivity index (χ0v) is 9.67. The van der Waals surface area contributed by atoms with Gasteiger partial charge in [-0.05, 0) is 50.7 Å². The molecule has 82 valence electrons. The molecule has 1 aliphatic heterocycles. The number of piperidine rings is 1. The lowest BCUT2D eigenvalue weighted by Gasteiger charge is -2.34. The predicted octanol–water partition coefficient (Wildman–Crippen LogP) is 3.30. The van der Waals surface area contributed by atoms with Crippen molar-refractivity contribution < 1.29 is 0 Å². The molecule has 0 amide bonds. The molecule has 1 heteroatoms. The fraction of sp³-hybridized carbons (Fsp3) is 1.00. The van der Waals surface area contributed by atoms with Gasteiger partial charge in [-0.25, -0.2) is 0 Å². The Kier molecular flexibility index (Phi) is 3.86. The van der Waals surface area contributed by atoms with Crippen LogP contribution in [0.5, 0.6) is 0 Å². The fourth-order valence-corrected chi connectivity index (χ4v) is 2.76. The molecule has 2 aliphatic rings. The molecule has 0 aromatic rings. The molecule has 2 fully saturated rings. The fourth-order valence-electron chi connectivity index (χ4n) is 2.76. The van der Waals surface area contributed by atoms with Gasteiger partial charge in [0.2, 0.25) is 0 Å². The first kappa shape index (κ1) is 10.5. The highest BCUT2D eigenvalue weighted by molar-refractivity contribution is 4.75. The molecule has 1 saturated heterocycles. The highest BCUT2D eigenvalue weighted by Gasteiger charge is 2.21. The van der Waals surface area contributed by atoms with Gasteiger partial charge in [0, 0.05) is 0 Å². The van der Waals surface area contributed by atoms with Gasteiger partial charge in [-0.2, -0.15) is 0 Å². The van der Waals surface area contributed by atoms with Crippen LogP contribution in [0.15, 0.2) is 0 Å². The second-order valence-electron chi connectivity index (χ2n) is 5.28. The zero-order chi connectivity index (χ0) is 9.80. The van der Waals surface area contributed by atoms with Gasteiger partial charge >= 0.3 is 0 Å². The van der Waals surface area contributed by atoms with Gasteiger partial charge in [0.15, 0.2) is 0 Å². The molecule has 0 N–H and O–H groups in total. The summed E-state index contributed by atoms with van der Waals surface area (Å²) in [6.45, 7) is 6.49. The van der Waals surface area contributed by atoms with Gasteiger partial charge in [-0.3, -0.25) is 0 Å². The monoisotopic (exact) mass is 195 g/mol. The number of hydrogen-bond acceptors (Lipinski definition) is 1. The maximum atomic E-state index is 2.70. The number of rotatable bonds is 4. The molecule has 1 saturated carbocycles. The third-order valence-corrected chi connectivity index (χ3v) is 4.36. The van der Waals surface area contributed by atoms with Gasteiger partial charge in [-0.15, -0.1) is 0 Å². The van der Waals surface area contributed by atoms with E-state index in [1.165, 1.54) is 64.6 Å². The molecule has 0 aromatic heterocycles. The van der Waals surface area contributed by atoms with Crippen LogP contribution in [0.3, 0.4) is 0 Å². The van der Waals surface area contributed by atoms with Gasteiger partial charge in [0.05, 0.1) is 0 Å². The maximum Gasteiger partial charge on any atom is -0.00161 e. The van der Waals surface area contributed by atoms with E-state index in [0.717, 1.165) is 11.8 Å². The van der Waals surface area contributed by atoms with Crippen LogP contribution in [0, 0.1) is 11.8 Å². The Hall–Kier alpha value is -0.0400. The van der Waals surface area contributed by atoms with Crippen molar-refractivity contribution in [2.45, 2.75) is 51.9 Å². The number of hydrogen-bond donors (Lipinski definition) is 0. The molecule has 0 atom stereocenters. The Morgan fingerprint density at radius 3 is 2.21 bits per heavy atom. The van der Waals surface area contributed by atoms with Crippen molar-refractivity contribution in [3.05, 3.63) is 0 Å². The van der Waals surface area contributed by atoms with E-state index in [1.54, 1.807) is 0 Å². The Morgan fingerprint density at radius 2 is 1.71 bits per heavy atom. The van der Waals surface area contributed by atoms with E-state index < -0.39 is 0 Å². The van der Waals surface area contributed by atoms with Gasteiger partial charge < -0.3 is 4.90 Å². The summed E-state index contributed by atoms with van der Waals surface area (Å²) in [6.07, 6.45) is 10.3. The van der Waals surface area contributed by atoms with Crippen LogP contribution >= 0.6 is 0 Å². The first-order chi connectivity index (χ1) is 6.88. The average molecular weight is 195 g/mol. The van der Waals surface area contributed by atoms with Gasteiger partial charge in [-0.1, -0.05) is 32.6 Å². The summed E-state index contributed by atoms with van der Waals surface area (Å²) >= 11 is 0. The van der Waals surface area contributed by atoms with E-state index >= 15 is 0 Å². The van der Waals surface area contributed by atoms with Crippen molar-refractivity contribution >= 4 is 0 Å². The van der Waals surface area contributed by atoms with E-state index in [2.05, 4.69) is 11.8 Å². The van der Waals surface area contributed by atoms with Crippen LogP contribution in [0.4, 0.5) is 0 Å². The predicted molar refractivity (Wildman–Crippen MR) is 61.4 cm³/mol. The van der Waals surface area contributed by atoms with Crippen molar-refractivity contribution in [3.8, 4) is 0 Å². The van der Waals surface area contributed by atoms with Crippen molar-refractivity contribution in [1.82, 2.24) is 4.90 Å². The molecule has 0 radical (unpaired) electrons. The molecular weight excluding hydrogens is 170 g/mol. The zero-order valence-electron chi connectivity index (χ0n) is 9.67. The lowest BCUT2D eigenvalue weighted by Crippen LogP contribution is -2.35. The smallest absolute Gasteiger partial charge is 0.00161 e. The normalized spacial score (nSPS) is 26.4. The lowest BCUT2D eigenvalue weighted by molar-refractivity contribution is 0.158. The van der Waals surface area contributed by atoms with Crippen LogP contribution in [0.2, 0.25) is 0 Å². The topological polar surface area (TPSA) is 3.24 Å². The Labute approximate surface area is 88.9 Å². The summed E-state index contributed by atoms with van der Waals surface area (Å²) in [4.78, 5) is 2.70. The average Bonchev–Trinajstić information content (AvgIpc) is 2.16. The van der Waals surface area contributed by atoms with Gasteiger partial charge in [0.1, 0.15) is 0 Å². The molecule has 0 bridgehead atoms. The standard InChI is InChI=1S/C13H25N/c1-2-12-6-9-14(10-7-12)11-8-13-4-3-5-13/h12-13H,2-11H2,1H3. The molecule has 14 heavy (non-hydrogen) atoms. The summed E-state index contributed by atoms with van der Waals surface area (Å²) in [6, 6.07) is 0. The molecule has 0 spiro atoms. The molecule has 1 nitrogen and oxygen atoms in total. The molecular formula is C13H25N. The number of likely N-dealkylation sites (tertiary alicyclic amines) is 1. The van der Waals surface area contributed by atoms with Crippen molar-refractivity contribution in [2.24, 2.45) is 11.8 Å². The third-order valence-electron chi connectivity index (χ3n) is 4.36. The van der Waals surface area contributed by atoms with E-state index in [-0.39, 0.29) is 0 Å². The second kappa shape index (κ2) is 5.16.